The molecule has 0 bridgehead atoms. The van der Waals surface area contributed by atoms with Crippen molar-refractivity contribution in [3.63, 3.8) is 0 Å². The molecular weight excluding hydrogens is 338 g/mol. The lowest BCUT2D eigenvalue weighted by molar-refractivity contribution is -0.116. The van der Waals surface area contributed by atoms with Crippen LogP contribution in [0.5, 0.6) is 0 Å². The zero-order chi connectivity index (χ0) is 18.6. The van der Waals surface area contributed by atoms with Crippen LogP contribution in [0.2, 0.25) is 0 Å². The van der Waals surface area contributed by atoms with Crippen molar-refractivity contribution in [2.45, 2.75) is 11.8 Å². The summed E-state index contributed by atoms with van der Waals surface area (Å²) in [5.41, 5.74) is 2.29. The number of likely N-dealkylation sites (N-methyl/N-ethyl adjacent to an activating group) is 1. The lowest BCUT2D eigenvalue weighted by Crippen LogP contribution is -2.32. The third-order valence-corrected chi connectivity index (χ3v) is 5.75. The van der Waals surface area contributed by atoms with Gasteiger partial charge in [0.1, 0.15) is 0 Å². The minimum atomic E-state index is -3.52. The van der Waals surface area contributed by atoms with Gasteiger partial charge in [0.05, 0.1) is 11.4 Å². The normalized spacial score (nSPS) is 11.4. The third-order valence-electron chi connectivity index (χ3n) is 3.94. The molecule has 0 saturated carbocycles. The standard InChI is InChI=1S/C18H23N3O3S/c1-14-10-11-16(25(23,24)20(2)3)12-17(14)19-13-18(22)21(4)15-8-6-5-7-9-15/h5-12,19H,13H2,1-4H3. The SMILES string of the molecule is Cc1ccc(S(=O)(=O)N(C)C)cc1NCC(=O)N(C)c1ccccc1. The largest absolute Gasteiger partial charge is 0.376 e. The van der Waals surface area contributed by atoms with Gasteiger partial charge >= 0.3 is 0 Å². The summed E-state index contributed by atoms with van der Waals surface area (Å²) in [6, 6.07) is 14.2. The molecule has 0 aromatic heterocycles. The molecule has 0 spiro atoms. The molecule has 0 heterocycles. The van der Waals surface area contributed by atoms with Gasteiger partial charge in [0.25, 0.3) is 0 Å². The van der Waals surface area contributed by atoms with Crippen LogP contribution in [0.15, 0.2) is 53.4 Å². The number of benzene rings is 2. The summed E-state index contributed by atoms with van der Waals surface area (Å²) in [7, 11) is 1.16. The molecule has 0 fully saturated rings. The Hall–Kier alpha value is -2.38. The molecule has 0 aliphatic carbocycles. The maximum atomic E-state index is 12.4. The van der Waals surface area contributed by atoms with Crippen molar-refractivity contribution in [1.82, 2.24) is 4.31 Å². The van der Waals surface area contributed by atoms with Gasteiger partial charge in [-0.05, 0) is 36.8 Å². The lowest BCUT2D eigenvalue weighted by Gasteiger charge is -2.19. The number of aryl methyl sites for hydroxylation is 1. The summed E-state index contributed by atoms with van der Waals surface area (Å²) in [5, 5.41) is 3.04. The average Bonchev–Trinajstić information content (AvgIpc) is 2.60. The van der Waals surface area contributed by atoms with Crippen molar-refractivity contribution in [2.24, 2.45) is 0 Å². The van der Waals surface area contributed by atoms with Gasteiger partial charge in [-0.1, -0.05) is 24.3 Å². The third kappa shape index (κ3) is 4.37. The van der Waals surface area contributed by atoms with Crippen molar-refractivity contribution in [2.75, 3.05) is 37.9 Å². The van der Waals surface area contributed by atoms with Crippen molar-refractivity contribution < 1.29 is 13.2 Å². The van der Waals surface area contributed by atoms with E-state index in [1.54, 1.807) is 30.1 Å². The summed E-state index contributed by atoms with van der Waals surface area (Å²) >= 11 is 0. The van der Waals surface area contributed by atoms with Gasteiger partial charge in [0.15, 0.2) is 0 Å². The Kier molecular flexibility index (Phi) is 5.81. The van der Waals surface area contributed by atoms with Gasteiger partial charge in [-0.15, -0.1) is 0 Å². The van der Waals surface area contributed by atoms with Crippen LogP contribution in [0.1, 0.15) is 5.56 Å². The van der Waals surface area contributed by atoms with Gasteiger partial charge in [0.2, 0.25) is 15.9 Å². The zero-order valence-corrected chi connectivity index (χ0v) is 15.7. The van der Waals surface area contributed by atoms with Crippen LogP contribution in [-0.4, -0.2) is 46.3 Å². The summed E-state index contributed by atoms with van der Waals surface area (Å²) < 4.78 is 25.7. The number of hydrogen-bond donors (Lipinski definition) is 1. The quantitative estimate of drug-likeness (QED) is 0.857. The van der Waals surface area contributed by atoms with E-state index >= 15 is 0 Å². The number of carbonyl (C=O) groups excluding carboxylic acids is 1. The maximum Gasteiger partial charge on any atom is 0.246 e. The van der Waals surface area contributed by atoms with Gasteiger partial charge < -0.3 is 10.2 Å². The van der Waals surface area contributed by atoms with E-state index in [1.807, 2.05) is 37.3 Å². The summed E-state index contributed by atoms with van der Waals surface area (Å²) in [6.45, 7) is 1.93. The van der Waals surface area contributed by atoms with E-state index in [-0.39, 0.29) is 17.3 Å². The second-order valence-corrected chi connectivity index (χ2v) is 8.06. The summed E-state index contributed by atoms with van der Waals surface area (Å²) in [6.07, 6.45) is 0. The first-order valence-corrected chi connectivity index (χ1v) is 9.26. The summed E-state index contributed by atoms with van der Waals surface area (Å²) in [4.78, 5) is 14.1. The first-order valence-electron chi connectivity index (χ1n) is 7.82. The Balaban J connectivity index is 2.14. The van der Waals surface area contributed by atoms with Crippen LogP contribution < -0.4 is 10.2 Å². The number of rotatable bonds is 6. The molecule has 0 atom stereocenters. The van der Waals surface area contributed by atoms with Crippen molar-refractivity contribution in [1.29, 1.82) is 0 Å². The van der Waals surface area contributed by atoms with E-state index in [4.69, 9.17) is 0 Å². The molecule has 0 radical (unpaired) electrons. The highest BCUT2D eigenvalue weighted by Gasteiger charge is 2.18. The number of para-hydroxylation sites is 1. The zero-order valence-electron chi connectivity index (χ0n) is 14.9. The highest BCUT2D eigenvalue weighted by molar-refractivity contribution is 7.89. The molecular formula is C18H23N3O3S. The van der Waals surface area contributed by atoms with Gasteiger partial charge in [0, 0.05) is 32.5 Å². The molecule has 25 heavy (non-hydrogen) atoms. The Morgan fingerprint density at radius 1 is 1.04 bits per heavy atom. The lowest BCUT2D eigenvalue weighted by atomic mass is 10.2. The van der Waals surface area contributed by atoms with E-state index in [2.05, 4.69) is 5.32 Å². The Bertz CT molecular complexity index is 849. The number of nitrogens with one attached hydrogen (secondary N) is 1. The molecule has 1 amide bonds. The van der Waals surface area contributed by atoms with Crippen molar-refractivity contribution >= 4 is 27.3 Å². The molecule has 0 unspecified atom stereocenters. The molecule has 0 saturated heterocycles. The topological polar surface area (TPSA) is 69.7 Å². The van der Waals surface area contributed by atoms with Crippen LogP contribution in [0.25, 0.3) is 0 Å². The Labute approximate surface area is 149 Å². The highest BCUT2D eigenvalue weighted by Crippen LogP contribution is 2.22. The fourth-order valence-corrected chi connectivity index (χ4v) is 3.18. The van der Waals surface area contributed by atoms with Gasteiger partial charge in [-0.3, -0.25) is 4.79 Å². The second kappa shape index (κ2) is 7.67. The predicted molar refractivity (Wildman–Crippen MR) is 100 cm³/mol. The molecule has 0 aliphatic rings. The molecule has 6 nitrogen and oxygen atoms in total. The minimum absolute atomic E-state index is 0.0672. The first kappa shape index (κ1) is 19.0. The predicted octanol–water partition coefficient (Wildman–Crippen LogP) is 2.32. The minimum Gasteiger partial charge on any atom is -0.376 e. The fraction of sp³-hybridized carbons (Fsp3) is 0.278. The molecule has 2 aromatic carbocycles. The number of carbonyl (C=O) groups is 1. The monoisotopic (exact) mass is 361 g/mol. The number of nitrogens with zero attached hydrogens (tertiary/aromatic N) is 2. The molecule has 1 N–H and O–H groups in total. The van der Waals surface area contributed by atoms with Crippen LogP contribution in [0, 0.1) is 6.92 Å². The number of sulfonamides is 1. The van der Waals surface area contributed by atoms with Crippen molar-refractivity contribution in [3.05, 3.63) is 54.1 Å². The van der Waals surface area contributed by atoms with Crippen LogP contribution in [-0.2, 0) is 14.8 Å². The molecule has 2 aromatic rings. The van der Waals surface area contributed by atoms with E-state index in [0.29, 0.717) is 5.69 Å². The smallest absolute Gasteiger partial charge is 0.246 e. The molecule has 2 rings (SSSR count). The Morgan fingerprint density at radius 2 is 1.68 bits per heavy atom. The van der Waals surface area contributed by atoms with E-state index < -0.39 is 10.0 Å². The van der Waals surface area contributed by atoms with Crippen LogP contribution >= 0.6 is 0 Å². The number of anilines is 2. The first-order chi connectivity index (χ1) is 11.7. The average molecular weight is 361 g/mol. The summed E-state index contributed by atoms with van der Waals surface area (Å²) in [5.74, 6) is -0.119. The van der Waals surface area contributed by atoms with Crippen LogP contribution in [0.4, 0.5) is 11.4 Å². The van der Waals surface area contributed by atoms with Gasteiger partial charge in [-0.25, -0.2) is 12.7 Å². The fourth-order valence-electron chi connectivity index (χ4n) is 2.25. The highest BCUT2D eigenvalue weighted by atomic mass is 32.2. The van der Waals surface area contributed by atoms with E-state index in [1.165, 1.54) is 14.1 Å². The second-order valence-electron chi connectivity index (χ2n) is 5.91. The van der Waals surface area contributed by atoms with E-state index in [0.717, 1.165) is 15.6 Å². The molecule has 7 heteroatoms. The molecule has 0 aliphatic heterocycles. The molecule has 134 valence electrons. The van der Waals surface area contributed by atoms with Crippen LogP contribution in [0.3, 0.4) is 0 Å². The van der Waals surface area contributed by atoms with Crippen molar-refractivity contribution in [3.8, 4) is 0 Å². The number of hydrogen-bond acceptors (Lipinski definition) is 4. The van der Waals surface area contributed by atoms with E-state index in [9.17, 15) is 13.2 Å². The van der Waals surface area contributed by atoms with Gasteiger partial charge in [-0.2, -0.15) is 0 Å². The Morgan fingerprint density at radius 3 is 2.28 bits per heavy atom. The number of amides is 1. The maximum absolute atomic E-state index is 12.4.